The number of carboxylic acid groups (broad SMARTS) is 2. The summed E-state index contributed by atoms with van der Waals surface area (Å²) in [4.78, 5) is 78.3. The van der Waals surface area contributed by atoms with Gasteiger partial charge in [-0.05, 0) is 128 Å². The van der Waals surface area contributed by atoms with Crippen LogP contribution in [0.2, 0.25) is 0 Å². The van der Waals surface area contributed by atoms with Gasteiger partial charge in [0.25, 0.3) is 0 Å². The van der Waals surface area contributed by atoms with Crippen molar-refractivity contribution in [1.82, 2.24) is 0 Å². The van der Waals surface area contributed by atoms with E-state index in [4.69, 9.17) is 37.9 Å². The van der Waals surface area contributed by atoms with Crippen LogP contribution in [0.15, 0.2) is 0 Å². The van der Waals surface area contributed by atoms with Crippen LogP contribution in [0.4, 0.5) is 0 Å². The molecule has 0 aliphatic carbocycles. The molecule has 0 heterocycles. The largest absolute Gasteiger partial charge is 0.495 e. The van der Waals surface area contributed by atoms with Crippen molar-refractivity contribution in [2.75, 3.05) is 28.4 Å². The lowest BCUT2D eigenvalue weighted by atomic mass is 9.95. The molecule has 4 rings (SSSR count). The van der Waals surface area contributed by atoms with Gasteiger partial charge in [-0.3, -0.25) is 9.59 Å². The fourth-order valence-corrected chi connectivity index (χ4v) is 7.86. The van der Waals surface area contributed by atoms with E-state index in [1.165, 1.54) is 28.4 Å². The fourth-order valence-electron chi connectivity index (χ4n) is 7.86. The SMILES string of the molecule is COc1c(C)c(OC(=O)c2c(C)c(C)c(OC(=O)CCC(=O)Oc3c(C)c(C)c(C(=O)Oc4c(C)c(C)c(C(=O)O)c(OC)c4C)c(OC)c3C)c(C)c2OC)c(C)c(C)c1C(=O)O. The maximum atomic E-state index is 13.9. The second kappa shape index (κ2) is 19.5. The van der Waals surface area contributed by atoms with Gasteiger partial charge in [-0.2, -0.15) is 0 Å². The minimum absolute atomic E-state index is 0.0423. The molecule has 64 heavy (non-hydrogen) atoms. The molecule has 0 saturated heterocycles. The van der Waals surface area contributed by atoms with Gasteiger partial charge in [0.2, 0.25) is 0 Å². The Morgan fingerprint density at radius 1 is 0.312 bits per heavy atom. The van der Waals surface area contributed by atoms with Crippen LogP contribution in [0.3, 0.4) is 0 Å². The summed E-state index contributed by atoms with van der Waals surface area (Å²) in [7, 11) is 5.35. The quantitative estimate of drug-likeness (QED) is 0.0844. The number of benzene rings is 4. The van der Waals surface area contributed by atoms with Gasteiger partial charge in [-0.1, -0.05) is 0 Å². The number of carbonyl (C=O) groups is 6. The lowest BCUT2D eigenvalue weighted by molar-refractivity contribution is -0.140. The third kappa shape index (κ3) is 8.90. The van der Waals surface area contributed by atoms with Crippen LogP contribution in [0.25, 0.3) is 0 Å². The van der Waals surface area contributed by atoms with E-state index >= 15 is 0 Å². The van der Waals surface area contributed by atoms with Gasteiger partial charge in [-0.25, -0.2) is 19.2 Å². The zero-order valence-electron chi connectivity index (χ0n) is 39.0. The van der Waals surface area contributed by atoms with E-state index in [2.05, 4.69) is 0 Å². The molecule has 0 atom stereocenters. The number of rotatable bonds is 15. The summed E-state index contributed by atoms with van der Waals surface area (Å²) >= 11 is 0. The first-order valence-corrected chi connectivity index (χ1v) is 20.0. The molecular weight excluding hydrogens is 833 g/mol. The van der Waals surface area contributed by atoms with Crippen LogP contribution in [0.5, 0.6) is 46.0 Å². The molecule has 0 unspecified atom stereocenters. The Balaban J connectivity index is 1.56. The van der Waals surface area contributed by atoms with E-state index in [0.717, 1.165) is 0 Å². The number of carbonyl (C=O) groups excluding carboxylic acids is 4. The summed E-state index contributed by atoms with van der Waals surface area (Å²) in [5.74, 6) is -4.76. The maximum Gasteiger partial charge on any atom is 0.347 e. The lowest BCUT2D eigenvalue weighted by Crippen LogP contribution is -2.19. The first-order valence-electron chi connectivity index (χ1n) is 20.0. The molecule has 342 valence electrons. The summed E-state index contributed by atoms with van der Waals surface area (Å²) in [5, 5.41) is 19.6. The number of ether oxygens (including phenoxy) is 8. The molecule has 0 aliphatic rings. The molecule has 16 heteroatoms. The zero-order chi connectivity index (χ0) is 48.4. The van der Waals surface area contributed by atoms with Crippen molar-refractivity contribution >= 4 is 35.8 Å². The smallest absolute Gasteiger partial charge is 0.347 e. The Labute approximate surface area is 371 Å². The summed E-state index contributed by atoms with van der Waals surface area (Å²) < 4.78 is 45.4. The first kappa shape index (κ1) is 49.6. The Morgan fingerprint density at radius 3 is 0.766 bits per heavy atom. The van der Waals surface area contributed by atoms with Crippen molar-refractivity contribution in [3.05, 3.63) is 89.0 Å². The Hall–Kier alpha value is -7.10. The van der Waals surface area contributed by atoms with E-state index in [1.54, 1.807) is 83.1 Å². The van der Waals surface area contributed by atoms with Crippen molar-refractivity contribution in [3.8, 4) is 46.0 Å². The van der Waals surface area contributed by atoms with Crippen LogP contribution in [-0.4, -0.2) is 74.5 Å². The fraction of sp³-hybridized carbons (Fsp3) is 0.375. The van der Waals surface area contributed by atoms with Crippen molar-refractivity contribution in [1.29, 1.82) is 0 Å². The average molecular weight is 887 g/mol. The molecule has 0 aliphatic heterocycles. The topological polar surface area (TPSA) is 217 Å². The number of carboxylic acids is 2. The van der Waals surface area contributed by atoms with Crippen LogP contribution >= 0.6 is 0 Å². The number of hydrogen-bond donors (Lipinski definition) is 2. The number of esters is 4. The predicted molar refractivity (Wildman–Crippen MR) is 233 cm³/mol. The Bertz CT molecular complexity index is 2470. The minimum Gasteiger partial charge on any atom is -0.495 e. The van der Waals surface area contributed by atoms with Crippen molar-refractivity contribution in [2.45, 2.75) is 95.9 Å². The maximum absolute atomic E-state index is 13.9. The van der Waals surface area contributed by atoms with Crippen LogP contribution in [0, 0.1) is 83.1 Å². The molecule has 0 fully saturated rings. The summed E-state index contributed by atoms with van der Waals surface area (Å²) in [6, 6.07) is 0. The van der Waals surface area contributed by atoms with Gasteiger partial charge in [-0.15, -0.1) is 0 Å². The molecule has 16 nitrogen and oxygen atoms in total. The van der Waals surface area contributed by atoms with Crippen LogP contribution < -0.4 is 37.9 Å². The standard InChI is InChI=1S/C48H54O16/c1-19-23(5)39(29(11)41(57-13)33(19)45(51)52)63-47(55)35-21(3)25(7)37(27(9)43(35)59-15)61-31(49)17-18-32(50)62-38-26(8)22(4)36(44(60-16)28(38)10)48(56)64-40-24(6)20(2)34(46(53)54)42(58-14)30(40)12/h17-18H2,1-16H3,(H,51,52)(H,53,54). The van der Waals surface area contributed by atoms with E-state index in [0.29, 0.717) is 66.8 Å². The molecule has 0 aromatic heterocycles. The second-order valence-electron chi connectivity index (χ2n) is 15.3. The molecule has 0 amide bonds. The summed E-state index contributed by atoms with van der Waals surface area (Å²) in [6.45, 7) is 19.4. The highest BCUT2D eigenvalue weighted by Crippen LogP contribution is 2.44. The van der Waals surface area contributed by atoms with E-state index in [1.807, 2.05) is 0 Å². The van der Waals surface area contributed by atoms with Gasteiger partial charge in [0, 0.05) is 22.3 Å². The monoisotopic (exact) mass is 886 g/mol. The lowest BCUT2D eigenvalue weighted by Gasteiger charge is -2.22. The minimum atomic E-state index is -1.19. The van der Waals surface area contributed by atoms with Crippen molar-refractivity contribution in [3.63, 3.8) is 0 Å². The van der Waals surface area contributed by atoms with Crippen LogP contribution in [-0.2, 0) is 9.59 Å². The highest BCUT2D eigenvalue weighted by Gasteiger charge is 2.32. The predicted octanol–water partition coefficient (Wildman–Crippen LogP) is 8.55. The summed E-state index contributed by atoms with van der Waals surface area (Å²) in [5.41, 5.74) is 4.48. The molecule has 4 aromatic carbocycles. The molecule has 2 N–H and O–H groups in total. The van der Waals surface area contributed by atoms with Crippen molar-refractivity contribution < 1.29 is 76.9 Å². The summed E-state index contributed by atoms with van der Waals surface area (Å²) in [6.07, 6.45) is -0.786. The Kier molecular flexibility index (Phi) is 15.1. The molecule has 0 spiro atoms. The molecule has 0 radical (unpaired) electrons. The van der Waals surface area contributed by atoms with E-state index in [-0.39, 0.29) is 68.2 Å². The zero-order valence-corrected chi connectivity index (χ0v) is 39.0. The molecule has 0 bridgehead atoms. The average Bonchev–Trinajstić information content (AvgIpc) is 3.24. The van der Waals surface area contributed by atoms with Gasteiger partial charge in [0.05, 0.1) is 41.3 Å². The van der Waals surface area contributed by atoms with Gasteiger partial charge >= 0.3 is 35.8 Å². The highest BCUT2D eigenvalue weighted by molar-refractivity contribution is 6.00. The van der Waals surface area contributed by atoms with Gasteiger partial charge < -0.3 is 48.1 Å². The molecular formula is C48H54O16. The highest BCUT2D eigenvalue weighted by atomic mass is 16.6. The first-order chi connectivity index (χ1) is 29.9. The van der Waals surface area contributed by atoms with Crippen LogP contribution in [0.1, 0.15) is 121 Å². The second-order valence-corrected chi connectivity index (χ2v) is 15.3. The van der Waals surface area contributed by atoms with Crippen molar-refractivity contribution in [2.24, 2.45) is 0 Å². The third-order valence-corrected chi connectivity index (χ3v) is 11.8. The van der Waals surface area contributed by atoms with E-state index in [9.17, 15) is 39.0 Å². The Morgan fingerprint density at radius 2 is 0.531 bits per heavy atom. The molecule has 4 aromatic rings. The number of aromatic carboxylic acids is 2. The third-order valence-electron chi connectivity index (χ3n) is 11.8. The number of methoxy groups -OCH3 is 4. The number of hydrogen-bond acceptors (Lipinski definition) is 14. The molecule has 0 saturated carbocycles. The van der Waals surface area contributed by atoms with Gasteiger partial charge in [0.1, 0.15) is 68.2 Å². The van der Waals surface area contributed by atoms with E-state index < -0.39 is 48.7 Å². The normalized spacial score (nSPS) is 10.8. The van der Waals surface area contributed by atoms with Gasteiger partial charge in [0.15, 0.2) is 0 Å².